The standard InChI is InChI=1S/C10H24P/c1-6-9-11(5,8-3)10(4)7-2/h10H,6-9H2,1-5H3/q+1/t10-,11?/m0/s1. The summed E-state index contributed by atoms with van der Waals surface area (Å²) < 4.78 is 0. The van der Waals surface area contributed by atoms with Crippen LogP contribution in [0.4, 0.5) is 0 Å². The lowest BCUT2D eigenvalue weighted by Gasteiger charge is -2.27. The lowest BCUT2D eigenvalue weighted by atomic mass is 10.4. The minimum Gasteiger partial charge on any atom is -0.0619 e. The fourth-order valence-electron chi connectivity index (χ4n) is 1.64. The summed E-state index contributed by atoms with van der Waals surface area (Å²) in [6, 6.07) is 0. The van der Waals surface area contributed by atoms with Crippen LogP contribution in [0.2, 0.25) is 0 Å². The second-order valence-corrected chi connectivity index (χ2v) is 8.70. The molecule has 0 bridgehead atoms. The molecule has 1 unspecified atom stereocenters. The Morgan fingerprint density at radius 3 is 2.00 bits per heavy atom. The van der Waals surface area contributed by atoms with Crippen LogP contribution < -0.4 is 0 Å². The summed E-state index contributed by atoms with van der Waals surface area (Å²) >= 11 is 0. The second-order valence-electron chi connectivity index (χ2n) is 3.78. The highest BCUT2D eigenvalue weighted by Crippen LogP contribution is 2.60. The van der Waals surface area contributed by atoms with Gasteiger partial charge in [-0.05, 0) is 26.7 Å². The minimum atomic E-state index is -0.541. The Hall–Kier alpha value is 0.430. The van der Waals surface area contributed by atoms with E-state index in [1.807, 2.05) is 0 Å². The van der Waals surface area contributed by atoms with Gasteiger partial charge >= 0.3 is 0 Å². The van der Waals surface area contributed by atoms with Crippen molar-refractivity contribution in [3.63, 3.8) is 0 Å². The molecule has 0 N–H and O–H groups in total. The van der Waals surface area contributed by atoms with Crippen molar-refractivity contribution < 1.29 is 0 Å². The SMILES string of the molecule is CCC[P+](C)(CC)[C@@H](C)CC. The molecule has 1 heteroatoms. The smallest absolute Gasteiger partial charge is 0.0619 e. The summed E-state index contributed by atoms with van der Waals surface area (Å²) in [5.74, 6) is 0. The van der Waals surface area contributed by atoms with E-state index in [4.69, 9.17) is 0 Å². The van der Waals surface area contributed by atoms with Crippen molar-refractivity contribution in [1.82, 2.24) is 0 Å². The van der Waals surface area contributed by atoms with E-state index in [1.54, 1.807) is 0 Å². The predicted molar refractivity (Wildman–Crippen MR) is 58.3 cm³/mol. The van der Waals surface area contributed by atoms with E-state index >= 15 is 0 Å². The molecule has 0 spiro atoms. The molecular formula is C10H24P+. The van der Waals surface area contributed by atoms with Crippen molar-refractivity contribution in [2.24, 2.45) is 0 Å². The lowest BCUT2D eigenvalue weighted by Crippen LogP contribution is -2.13. The van der Waals surface area contributed by atoms with E-state index in [0.717, 1.165) is 5.66 Å². The van der Waals surface area contributed by atoms with Crippen LogP contribution in [0.15, 0.2) is 0 Å². The highest BCUT2D eigenvalue weighted by Gasteiger charge is 2.33. The third-order valence-electron chi connectivity index (χ3n) is 3.11. The Labute approximate surface area is 73.1 Å². The molecule has 0 saturated carbocycles. The first-order valence-corrected chi connectivity index (χ1v) is 7.62. The summed E-state index contributed by atoms with van der Waals surface area (Å²) in [6.45, 7) is 12.0. The topological polar surface area (TPSA) is 0 Å². The Balaban J connectivity index is 4.07. The highest BCUT2D eigenvalue weighted by molar-refractivity contribution is 7.75. The van der Waals surface area contributed by atoms with Crippen molar-refractivity contribution in [3.05, 3.63) is 0 Å². The zero-order valence-corrected chi connectivity index (χ0v) is 9.75. The minimum absolute atomic E-state index is 0.541. The summed E-state index contributed by atoms with van der Waals surface area (Å²) in [6.07, 6.45) is 5.69. The normalized spacial score (nSPS) is 19.4. The molecule has 0 fully saturated rings. The molecule has 0 aliphatic carbocycles. The van der Waals surface area contributed by atoms with Gasteiger partial charge in [0, 0.05) is 13.9 Å². The van der Waals surface area contributed by atoms with Crippen molar-refractivity contribution in [2.75, 3.05) is 19.0 Å². The maximum absolute atomic E-state index is 2.55. The van der Waals surface area contributed by atoms with Crippen molar-refractivity contribution in [2.45, 2.75) is 46.2 Å². The van der Waals surface area contributed by atoms with Gasteiger partial charge in [0.1, 0.15) is 0 Å². The molecule has 2 atom stereocenters. The maximum Gasteiger partial charge on any atom is 0.0664 e. The molecule has 0 radical (unpaired) electrons. The van der Waals surface area contributed by atoms with E-state index in [-0.39, 0.29) is 0 Å². The predicted octanol–water partition coefficient (Wildman–Crippen LogP) is 3.86. The second kappa shape index (κ2) is 5.14. The van der Waals surface area contributed by atoms with Gasteiger partial charge in [-0.1, -0.05) is 13.8 Å². The first-order chi connectivity index (χ1) is 5.10. The Kier molecular flexibility index (Phi) is 5.34. The van der Waals surface area contributed by atoms with Crippen LogP contribution in [-0.4, -0.2) is 24.6 Å². The Morgan fingerprint density at radius 1 is 1.18 bits per heavy atom. The maximum atomic E-state index is 2.55. The first-order valence-electron chi connectivity index (χ1n) is 4.94. The fourth-order valence-corrected chi connectivity index (χ4v) is 4.93. The van der Waals surface area contributed by atoms with Gasteiger partial charge in [-0.2, -0.15) is 0 Å². The van der Waals surface area contributed by atoms with Crippen LogP contribution in [0, 0.1) is 0 Å². The van der Waals surface area contributed by atoms with Gasteiger partial charge in [0.25, 0.3) is 0 Å². The quantitative estimate of drug-likeness (QED) is 0.556. The van der Waals surface area contributed by atoms with E-state index < -0.39 is 7.26 Å². The molecule has 0 nitrogen and oxygen atoms in total. The summed E-state index contributed by atoms with van der Waals surface area (Å²) in [5.41, 5.74) is 0.993. The van der Waals surface area contributed by atoms with E-state index in [0.29, 0.717) is 0 Å². The largest absolute Gasteiger partial charge is 0.0664 e. The van der Waals surface area contributed by atoms with Gasteiger partial charge in [0.15, 0.2) is 0 Å². The van der Waals surface area contributed by atoms with Crippen LogP contribution in [0.5, 0.6) is 0 Å². The zero-order chi connectivity index (χ0) is 8.91. The molecule has 0 aromatic heterocycles. The molecule has 0 aliphatic rings. The zero-order valence-electron chi connectivity index (χ0n) is 8.85. The lowest BCUT2D eigenvalue weighted by molar-refractivity contribution is 0.869. The molecule has 0 aromatic carbocycles. The van der Waals surface area contributed by atoms with Crippen LogP contribution in [-0.2, 0) is 0 Å². The molecule has 11 heavy (non-hydrogen) atoms. The van der Waals surface area contributed by atoms with Gasteiger partial charge in [-0.25, -0.2) is 0 Å². The first kappa shape index (κ1) is 11.4. The monoisotopic (exact) mass is 175 g/mol. The van der Waals surface area contributed by atoms with Crippen molar-refractivity contribution in [3.8, 4) is 0 Å². The van der Waals surface area contributed by atoms with E-state index in [9.17, 15) is 0 Å². The molecule has 0 rings (SSSR count). The van der Waals surface area contributed by atoms with Crippen LogP contribution in [0.25, 0.3) is 0 Å². The Morgan fingerprint density at radius 2 is 1.73 bits per heavy atom. The van der Waals surface area contributed by atoms with Gasteiger partial charge < -0.3 is 0 Å². The Bertz CT molecular complexity index is 101. The third-order valence-corrected chi connectivity index (χ3v) is 8.52. The summed E-state index contributed by atoms with van der Waals surface area (Å²) in [4.78, 5) is 0. The van der Waals surface area contributed by atoms with Crippen molar-refractivity contribution in [1.29, 1.82) is 0 Å². The molecule has 0 heterocycles. The average Bonchev–Trinajstić information content (AvgIpc) is 2.03. The van der Waals surface area contributed by atoms with Gasteiger partial charge in [0.05, 0.1) is 18.0 Å². The highest BCUT2D eigenvalue weighted by atomic mass is 31.2. The van der Waals surface area contributed by atoms with E-state index in [2.05, 4.69) is 34.4 Å². The fraction of sp³-hybridized carbons (Fsp3) is 1.00. The number of hydrogen-bond donors (Lipinski definition) is 0. The summed E-state index contributed by atoms with van der Waals surface area (Å²) in [7, 11) is -0.541. The van der Waals surface area contributed by atoms with Gasteiger partial charge in [-0.3, -0.25) is 0 Å². The number of rotatable bonds is 5. The molecule has 0 aromatic rings. The molecule has 0 saturated heterocycles. The van der Waals surface area contributed by atoms with Crippen LogP contribution in [0.3, 0.4) is 0 Å². The molecular weight excluding hydrogens is 151 g/mol. The van der Waals surface area contributed by atoms with Crippen molar-refractivity contribution >= 4 is 7.26 Å². The molecule has 0 amide bonds. The summed E-state index contributed by atoms with van der Waals surface area (Å²) in [5, 5.41) is 0. The molecule has 68 valence electrons. The number of hydrogen-bond acceptors (Lipinski definition) is 0. The van der Waals surface area contributed by atoms with E-state index in [1.165, 1.54) is 25.2 Å². The van der Waals surface area contributed by atoms with Gasteiger partial charge in [-0.15, -0.1) is 0 Å². The average molecular weight is 175 g/mol. The third kappa shape index (κ3) is 3.11. The van der Waals surface area contributed by atoms with Crippen LogP contribution >= 0.6 is 7.26 Å². The van der Waals surface area contributed by atoms with Gasteiger partial charge in [0.2, 0.25) is 0 Å². The molecule has 0 aliphatic heterocycles. The van der Waals surface area contributed by atoms with Crippen LogP contribution in [0.1, 0.15) is 40.5 Å².